The normalized spacial score (nSPS) is 12.9. The van der Waals surface area contributed by atoms with Crippen molar-refractivity contribution < 1.29 is 9.59 Å². The summed E-state index contributed by atoms with van der Waals surface area (Å²) in [7, 11) is 0. The second kappa shape index (κ2) is 8.24. The largest absolute Gasteiger partial charge is 0.322 e. The molecule has 142 valence electrons. The lowest BCUT2D eigenvalue weighted by Gasteiger charge is -2.13. The Bertz CT molecular complexity index is 1020. The molecule has 5 nitrogen and oxygen atoms in total. The first-order valence-electron chi connectivity index (χ1n) is 9.04. The van der Waals surface area contributed by atoms with Gasteiger partial charge in [-0.2, -0.15) is 0 Å². The fourth-order valence-electron chi connectivity index (χ4n) is 3.29. The quantitative estimate of drug-likeness (QED) is 0.561. The minimum Gasteiger partial charge on any atom is -0.322 e. The number of rotatable bonds is 4. The molecule has 28 heavy (non-hydrogen) atoms. The second-order valence-corrected chi connectivity index (χ2v) is 8.59. The number of pyridine rings is 1. The second-order valence-electron chi connectivity index (χ2n) is 6.57. The summed E-state index contributed by atoms with van der Waals surface area (Å²) in [6.45, 7) is 0. The van der Waals surface area contributed by atoms with Gasteiger partial charge in [-0.3, -0.25) is 14.6 Å². The maximum Gasteiger partial charge on any atom is 0.258 e. The molecule has 0 unspecified atom stereocenters. The van der Waals surface area contributed by atoms with E-state index in [1.807, 2.05) is 24.3 Å². The van der Waals surface area contributed by atoms with Crippen LogP contribution in [-0.2, 0) is 12.8 Å². The summed E-state index contributed by atoms with van der Waals surface area (Å²) in [6.07, 6.45) is 7.11. The van der Waals surface area contributed by atoms with E-state index in [4.69, 9.17) is 0 Å². The zero-order valence-electron chi connectivity index (χ0n) is 15.0. The smallest absolute Gasteiger partial charge is 0.258 e. The highest BCUT2D eigenvalue weighted by Crippen LogP contribution is 2.38. The molecule has 0 atom stereocenters. The standard InChI is InChI=1S/C21H18BrN3O2S/c22-14-7-9-15(10-8-14)24-20(27)18-16-5-1-2-6-17(16)28-21(18)25-19(26)13-4-3-11-23-12-13/h3-4,7-12H,1-2,5-6H2,(H,24,27)(H,25,26). The monoisotopic (exact) mass is 455 g/mol. The van der Waals surface area contributed by atoms with Crippen molar-refractivity contribution in [2.75, 3.05) is 10.6 Å². The van der Waals surface area contributed by atoms with Gasteiger partial charge in [-0.25, -0.2) is 0 Å². The van der Waals surface area contributed by atoms with Gasteiger partial charge in [0, 0.05) is 27.4 Å². The Labute approximate surface area is 175 Å². The van der Waals surface area contributed by atoms with Gasteiger partial charge in [-0.05, 0) is 67.6 Å². The van der Waals surface area contributed by atoms with Crippen LogP contribution < -0.4 is 10.6 Å². The Morgan fingerprint density at radius 1 is 1.00 bits per heavy atom. The van der Waals surface area contributed by atoms with Gasteiger partial charge in [-0.15, -0.1) is 11.3 Å². The zero-order valence-corrected chi connectivity index (χ0v) is 17.4. The van der Waals surface area contributed by atoms with E-state index < -0.39 is 0 Å². The van der Waals surface area contributed by atoms with Crippen LogP contribution in [0.4, 0.5) is 10.7 Å². The number of nitrogens with zero attached hydrogens (tertiary/aromatic N) is 1. The van der Waals surface area contributed by atoms with Crippen LogP contribution in [-0.4, -0.2) is 16.8 Å². The Balaban J connectivity index is 1.65. The van der Waals surface area contributed by atoms with Gasteiger partial charge in [0.05, 0.1) is 11.1 Å². The minimum absolute atomic E-state index is 0.191. The van der Waals surface area contributed by atoms with Crippen LogP contribution in [0.5, 0.6) is 0 Å². The Kier molecular flexibility index (Phi) is 5.54. The summed E-state index contributed by atoms with van der Waals surface area (Å²) in [5, 5.41) is 6.50. The molecule has 1 aliphatic rings. The van der Waals surface area contributed by atoms with Gasteiger partial charge >= 0.3 is 0 Å². The van der Waals surface area contributed by atoms with Crippen molar-refractivity contribution in [3.8, 4) is 0 Å². The van der Waals surface area contributed by atoms with Gasteiger partial charge < -0.3 is 10.6 Å². The summed E-state index contributed by atoms with van der Waals surface area (Å²) >= 11 is 4.90. The SMILES string of the molecule is O=C(Nc1sc2c(c1C(=O)Nc1ccc(Br)cc1)CCCC2)c1cccnc1. The third kappa shape index (κ3) is 4.00. The first kappa shape index (κ1) is 18.8. The summed E-state index contributed by atoms with van der Waals surface area (Å²) in [4.78, 5) is 30.9. The van der Waals surface area contributed by atoms with E-state index in [9.17, 15) is 9.59 Å². The third-order valence-electron chi connectivity index (χ3n) is 4.65. The van der Waals surface area contributed by atoms with Crippen LogP contribution in [0.15, 0.2) is 53.3 Å². The fraction of sp³-hybridized carbons (Fsp3) is 0.190. The first-order valence-corrected chi connectivity index (χ1v) is 10.7. The third-order valence-corrected chi connectivity index (χ3v) is 6.39. The van der Waals surface area contributed by atoms with Crippen molar-refractivity contribution in [2.45, 2.75) is 25.7 Å². The molecule has 2 N–H and O–H groups in total. The number of carbonyl (C=O) groups is 2. The summed E-state index contributed by atoms with van der Waals surface area (Å²) in [6, 6.07) is 10.9. The molecule has 1 aromatic carbocycles. The average molecular weight is 456 g/mol. The van der Waals surface area contributed by atoms with E-state index >= 15 is 0 Å². The van der Waals surface area contributed by atoms with E-state index in [2.05, 4.69) is 31.5 Å². The number of hydrogen-bond donors (Lipinski definition) is 2. The minimum atomic E-state index is -0.260. The topological polar surface area (TPSA) is 71.1 Å². The van der Waals surface area contributed by atoms with Crippen LogP contribution in [0.3, 0.4) is 0 Å². The van der Waals surface area contributed by atoms with Crippen LogP contribution in [0.1, 0.15) is 44.0 Å². The van der Waals surface area contributed by atoms with E-state index in [1.54, 1.807) is 18.3 Å². The number of halogens is 1. The molecular weight excluding hydrogens is 438 g/mol. The number of carbonyl (C=O) groups excluding carboxylic acids is 2. The number of thiophene rings is 1. The molecule has 0 fully saturated rings. The van der Waals surface area contributed by atoms with Crippen molar-refractivity contribution in [3.05, 3.63) is 74.8 Å². The predicted molar refractivity (Wildman–Crippen MR) is 115 cm³/mol. The molecule has 0 saturated carbocycles. The van der Waals surface area contributed by atoms with Crippen LogP contribution in [0.2, 0.25) is 0 Å². The van der Waals surface area contributed by atoms with Crippen LogP contribution in [0.25, 0.3) is 0 Å². The molecule has 0 spiro atoms. The van der Waals surface area contributed by atoms with Crippen LogP contribution >= 0.6 is 27.3 Å². The molecule has 2 amide bonds. The lowest BCUT2D eigenvalue weighted by atomic mass is 9.95. The van der Waals surface area contributed by atoms with Crippen molar-refractivity contribution >= 4 is 49.8 Å². The number of nitrogens with one attached hydrogen (secondary N) is 2. The number of benzene rings is 1. The van der Waals surface area contributed by atoms with Gasteiger partial charge in [0.15, 0.2) is 0 Å². The zero-order chi connectivity index (χ0) is 19.5. The number of aryl methyl sites for hydroxylation is 1. The lowest BCUT2D eigenvalue weighted by molar-refractivity contribution is 0.102. The summed E-state index contributed by atoms with van der Waals surface area (Å²) < 4.78 is 0.947. The molecule has 0 aliphatic heterocycles. The highest BCUT2D eigenvalue weighted by atomic mass is 79.9. The van der Waals surface area contributed by atoms with E-state index in [1.165, 1.54) is 22.4 Å². The van der Waals surface area contributed by atoms with Crippen molar-refractivity contribution in [3.63, 3.8) is 0 Å². The molecule has 4 rings (SSSR count). The number of fused-ring (bicyclic) bond motifs is 1. The van der Waals surface area contributed by atoms with Gasteiger partial charge in [0.1, 0.15) is 5.00 Å². The van der Waals surface area contributed by atoms with Crippen molar-refractivity contribution in [1.82, 2.24) is 4.98 Å². The lowest BCUT2D eigenvalue weighted by Crippen LogP contribution is -2.18. The Hall–Kier alpha value is -2.51. The highest BCUT2D eigenvalue weighted by molar-refractivity contribution is 9.10. The molecule has 1 aliphatic carbocycles. The maximum absolute atomic E-state index is 13.1. The summed E-state index contributed by atoms with van der Waals surface area (Å²) in [5.74, 6) is -0.451. The summed E-state index contributed by atoms with van der Waals surface area (Å²) in [5.41, 5.74) is 2.83. The van der Waals surface area contributed by atoms with Crippen LogP contribution in [0, 0.1) is 0 Å². The number of anilines is 2. The Morgan fingerprint density at radius 3 is 2.54 bits per heavy atom. The van der Waals surface area contributed by atoms with E-state index in [-0.39, 0.29) is 11.8 Å². The van der Waals surface area contributed by atoms with Gasteiger partial charge in [0.25, 0.3) is 11.8 Å². The van der Waals surface area contributed by atoms with Crippen molar-refractivity contribution in [1.29, 1.82) is 0 Å². The van der Waals surface area contributed by atoms with E-state index in [0.29, 0.717) is 21.8 Å². The van der Waals surface area contributed by atoms with E-state index in [0.717, 1.165) is 35.7 Å². The number of amides is 2. The average Bonchev–Trinajstić information content (AvgIpc) is 3.08. The predicted octanol–water partition coefficient (Wildman–Crippen LogP) is 5.29. The molecule has 2 heterocycles. The first-order chi connectivity index (χ1) is 13.6. The molecule has 0 radical (unpaired) electrons. The maximum atomic E-state index is 13.1. The molecular formula is C21H18BrN3O2S. The molecule has 7 heteroatoms. The molecule has 3 aromatic rings. The van der Waals surface area contributed by atoms with Gasteiger partial charge in [0.2, 0.25) is 0 Å². The Morgan fingerprint density at radius 2 is 1.79 bits per heavy atom. The van der Waals surface area contributed by atoms with Crippen molar-refractivity contribution in [2.24, 2.45) is 0 Å². The molecule has 0 saturated heterocycles. The fourth-order valence-corrected chi connectivity index (χ4v) is 4.84. The number of aromatic nitrogens is 1. The highest BCUT2D eigenvalue weighted by Gasteiger charge is 2.26. The van der Waals surface area contributed by atoms with Gasteiger partial charge in [-0.1, -0.05) is 15.9 Å². The molecule has 0 bridgehead atoms. The number of hydrogen-bond acceptors (Lipinski definition) is 4. The molecule has 2 aromatic heterocycles.